The largest absolute Gasteiger partial charge is 0.457 e. The molecule has 0 fully saturated rings. The fourth-order valence-corrected chi connectivity index (χ4v) is 5.26. The lowest BCUT2D eigenvalue weighted by atomic mass is 10.1. The molecule has 5 aromatic rings. The zero-order valence-corrected chi connectivity index (χ0v) is 26.1. The highest BCUT2D eigenvalue weighted by atomic mass is 35.5. The predicted molar refractivity (Wildman–Crippen MR) is 177 cm³/mol. The smallest absolute Gasteiger partial charge is 0.416 e. The number of benzene rings is 4. The van der Waals surface area contributed by atoms with Gasteiger partial charge in [0.1, 0.15) is 23.4 Å². The number of carbonyl (C=O) groups is 2. The van der Waals surface area contributed by atoms with Crippen molar-refractivity contribution in [2.45, 2.75) is 31.6 Å². The van der Waals surface area contributed by atoms with Crippen molar-refractivity contribution in [2.75, 3.05) is 6.54 Å². The maximum atomic E-state index is 13.1. The van der Waals surface area contributed by atoms with Gasteiger partial charge < -0.3 is 31.8 Å². The summed E-state index contributed by atoms with van der Waals surface area (Å²) < 4.78 is 47.2. The monoisotopic (exact) mass is 677 g/mol. The summed E-state index contributed by atoms with van der Waals surface area (Å²) in [6, 6.07) is 22.5. The normalized spacial score (nSPS) is 12.0. The highest BCUT2D eigenvalue weighted by Crippen LogP contribution is 2.34. The first-order chi connectivity index (χ1) is 22.9. The minimum atomic E-state index is -4.50. The van der Waals surface area contributed by atoms with Crippen molar-refractivity contribution in [1.82, 2.24) is 14.9 Å². The van der Waals surface area contributed by atoms with Crippen LogP contribution in [0.25, 0.3) is 22.4 Å². The lowest BCUT2D eigenvalue weighted by Gasteiger charge is -2.19. The zero-order valence-electron chi connectivity index (χ0n) is 25.4. The number of halogens is 4. The number of aliphatic imine (C=N–C) groups is 1. The van der Waals surface area contributed by atoms with Gasteiger partial charge in [0.05, 0.1) is 16.6 Å². The van der Waals surface area contributed by atoms with Gasteiger partial charge in [-0.15, -0.1) is 0 Å². The van der Waals surface area contributed by atoms with Crippen LogP contribution in [-0.2, 0) is 17.5 Å². The van der Waals surface area contributed by atoms with E-state index in [1.165, 1.54) is 12.1 Å². The van der Waals surface area contributed by atoms with E-state index < -0.39 is 29.6 Å². The van der Waals surface area contributed by atoms with Crippen molar-refractivity contribution >= 4 is 40.4 Å². The molecule has 1 heterocycles. The topological polar surface area (TPSA) is 164 Å². The van der Waals surface area contributed by atoms with E-state index in [0.29, 0.717) is 45.4 Å². The maximum absolute atomic E-state index is 13.1. The minimum absolute atomic E-state index is 0.0734. The summed E-state index contributed by atoms with van der Waals surface area (Å²) in [5.74, 6) is 0.228. The van der Waals surface area contributed by atoms with E-state index in [1.54, 1.807) is 71.3 Å². The number of imidazole rings is 1. The van der Waals surface area contributed by atoms with Crippen LogP contribution < -0.4 is 27.3 Å². The highest BCUT2D eigenvalue weighted by molar-refractivity contribution is 6.30. The zero-order chi connectivity index (χ0) is 34.4. The van der Waals surface area contributed by atoms with Gasteiger partial charge in [-0.05, 0) is 85.1 Å². The van der Waals surface area contributed by atoms with Crippen LogP contribution in [-0.4, -0.2) is 33.9 Å². The van der Waals surface area contributed by atoms with Gasteiger partial charge in [-0.1, -0.05) is 35.9 Å². The van der Waals surface area contributed by atoms with Crippen molar-refractivity contribution in [3.63, 3.8) is 0 Å². The summed E-state index contributed by atoms with van der Waals surface area (Å²) in [6.07, 6.45) is -3.79. The Morgan fingerprint density at radius 1 is 0.938 bits per heavy atom. The molecule has 0 aliphatic heterocycles. The Bertz CT molecular complexity index is 1970. The number of nitrogens with two attached hydrogens (primary N) is 3. The van der Waals surface area contributed by atoms with Crippen LogP contribution in [0.15, 0.2) is 96.0 Å². The van der Waals surface area contributed by atoms with E-state index in [2.05, 4.69) is 10.3 Å². The standard InChI is InChI=1S/C34H31ClF3N7O3/c35-24-10-12-25(13-11-24)48-26-7-2-5-21(17-26)31-44-27-18-22(32(47)43-19-20-4-1-6-23(16-20)34(36,37)38)9-14-28(27)45(31)29(30(39)46)8-3-15-42-33(40)41/h1-2,4-7,9-14,16-18,29H,3,8,15,19H2,(H2,39,46)(H,43,47)(H4,40,41,42)/t29-/m1/s1. The first kappa shape index (κ1) is 33.8. The van der Waals surface area contributed by atoms with Crippen molar-refractivity contribution in [2.24, 2.45) is 22.2 Å². The number of fused-ring (bicyclic) bond motifs is 1. The second kappa shape index (κ2) is 14.5. The highest BCUT2D eigenvalue weighted by Gasteiger charge is 2.30. The van der Waals surface area contributed by atoms with E-state index in [9.17, 15) is 22.8 Å². The Balaban J connectivity index is 1.49. The maximum Gasteiger partial charge on any atom is 0.416 e. The number of nitrogens with zero attached hydrogens (tertiary/aromatic N) is 3. The van der Waals surface area contributed by atoms with Gasteiger partial charge in [0.15, 0.2) is 5.96 Å². The second-order valence-electron chi connectivity index (χ2n) is 10.8. The van der Waals surface area contributed by atoms with Crippen LogP contribution in [0.4, 0.5) is 13.2 Å². The van der Waals surface area contributed by atoms with Gasteiger partial charge in [-0.25, -0.2) is 4.98 Å². The molecular weight excluding hydrogens is 647 g/mol. The van der Waals surface area contributed by atoms with Gasteiger partial charge in [0.2, 0.25) is 5.91 Å². The molecule has 48 heavy (non-hydrogen) atoms. The third-order valence-electron chi connectivity index (χ3n) is 7.37. The molecule has 0 unspecified atom stereocenters. The predicted octanol–water partition coefficient (Wildman–Crippen LogP) is 6.18. The molecule has 5 rings (SSSR count). The molecule has 0 aliphatic carbocycles. The molecule has 0 saturated heterocycles. The molecule has 14 heteroatoms. The molecule has 1 aromatic heterocycles. The third-order valence-corrected chi connectivity index (χ3v) is 7.62. The van der Waals surface area contributed by atoms with Gasteiger partial charge in [-0.3, -0.25) is 14.6 Å². The van der Waals surface area contributed by atoms with Crippen LogP contribution in [0.1, 0.15) is 40.4 Å². The third kappa shape index (κ3) is 8.23. The van der Waals surface area contributed by atoms with Crippen LogP contribution >= 0.6 is 11.6 Å². The average molecular weight is 678 g/mol. The molecule has 0 spiro atoms. The Morgan fingerprint density at radius 3 is 2.40 bits per heavy atom. The number of amides is 2. The van der Waals surface area contributed by atoms with E-state index in [4.69, 9.17) is 38.5 Å². The van der Waals surface area contributed by atoms with Crippen molar-refractivity contribution in [1.29, 1.82) is 0 Å². The summed E-state index contributed by atoms with van der Waals surface area (Å²) in [6.45, 7) is 0.148. The van der Waals surface area contributed by atoms with Gasteiger partial charge >= 0.3 is 6.18 Å². The molecular formula is C34H31ClF3N7O3. The Kier molecular flexibility index (Phi) is 10.2. The minimum Gasteiger partial charge on any atom is -0.457 e. The van der Waals surface area contributed by atoms with E-state index in [1.807, 2.05) is 0 Å². The molecule has 2 amide bonds. The number of aromatic nitrogens is 2. The average Bonchev–Trinajstić information content (AvgIpc) is 3.43. The first-order valence-electron chi connectivity index (χ1n) is 14.7. The summed E-state index contributed by atoms with van der Waals surface area (Å²) in [5, 5.41) is 3.22. The molecule has 4 aromatic carbocycles. The van der Waals surface area contributed by atoms with Crippen LogP contribution in [0, 0.1) is 0 Å². The summed E-state index contributed by atoms with van der Waals surface area (Å²) in [4.78, 5) is 34.8. The van der Waals surface area contributed by atoms with Crippen molar-refractivity contribution < 1.29 is 27.5 Å². The number of carbonyl (C=O) groups excluding carboxylic acids is 2. The first-order valence-corrected chi connectivity index (χ1v) is 15.1. The van der Waals surface area contributed by atoms with E-state index in [-0.39, 0.29) is 36.6 Å². The second-order valence-corrected chi connectivity index (χ2v) is 11.3. The summed E-state index contributed by atoms with van der Waals surface area (Å²) in [7, 11) is 0. The lowest BCUT2D eigenvalue weighted by Crippen LogP contribution is -2.27. The molecule has 248 valence electrons. The van der Waals surface area contributed by atoms with Gasteiger partial charge in [0, 0.05) is 29.2 Å². The quantitative estimate of drug-likeness (QED) is 0.0700. The molecule has 10 nitrogen and oxygen atoms in total. The van der Waals surface area contributed by atoms with Crippen molar-refractivity contribution in [3.8, 4) is 22.9 Å². The summed E-state index contributed by atoms with van der Waals surface area (Å²) >= 11 is 6.00. The molecule has 1 atom stereocenters. The number of ether oxygens (including phenoxy) is 1. The SMILES string of the molecule is NC(=O)[C@@H](CCCN=C(N)N)n1c(-c2cccc(Oc3ccc(Cl)cc3)c2)nc2cc(C(=O)NCc3cccc(C(F)(F)F)c3)ccc21. The fourth-order valence-electron chi connectivity index (χ4n) is 5.13. The van der Waals surface area contributed by atoms with Gasteiger partial charge in [0.25, 0.3) is 5.91 Å². The van der Waals surface area contributed by atoms with Crippen LogP contribution in [0.5, 0.6) is 11.5 Å². The number of rotatable bonds is 12. The molecule has 0 aliphatic rings. The van der Waals surface area contributed by atoms with Crippen molar-refractivity contribution in [3.05, 3.63) is 113 Å². The van der Waals surface area contributed by atoms with E-state index >= 15 is 0 Å². The molecule has 0 bridgehead atoms. The lowest BCUT2D eigenvalue weighted by molar-refractivity contribution is -0.137. The summed E-state index contributed by atoms with van der Waals surface area (Å²) in [5.41, 5.74) is 18.0. The number of hydrogen-bond donors (Lipinski definition) is 4. The van der Waals surface area contributed by atoms with Gasteiger partial charge in [-0.2, -0.15) is 13.2 Å². The molecule has 7 N–H and O–H groups in total. The molecule has 0 radical (unpaired) electrons. The molecule has 0 saturated carbocycles. The number of guanidine groups is 1. The number of hydrogen-bond acceptors (Lipinski definition) is 5. The van der Waals surface area contributed by atoms with E-state index in [0.717, 1.165) is 12.1 Å². The number of alkyl halides is 3. The number of primary amides is 1. The Hall–Kier alpha value is -5.56. The number of nitrogens with one attached hydrogen (secondary N) is 1. The Labute approximate surface area is 278 Å². The fraction of sp³-hybridized carbons (Fsp3) is 0.176. The van der Waals surface area contributed by atoms with Crippen LogP contribution in [0.3, 0.4) is 0 Å². The van der Waals surface area contributed by atoms with Crippen LogP contribution in [0.2, 0.25) is 5.02 Å². The Morgan fingerprint density at radius 2 is 1.69 bits per heavy atom.